The van der Waals surface area contributed by atoms with Crippen molar-refractivity contribution in [2.24, 2.45) is 4.99 Å². The van der Waals surface area contributed by atoms with Crippen molar-refractivity contribution in [1.82, 2.24) is 0 Å². The predicted octanol–water partition coefficient (Wildman–Crippen LogP) is 6.09. The van der Waals surface area contributed by atoms with Crippen LogP contribution in [0.15, 0.2) is 51.6 Å². The van der Waals surface area contributed by atoms with E-state index >= 15 is 0 Å². The molecule has 4 nitrogen and oxygen atoms in total. The Kier molecular flexibility index (Phi) is 5.48. The SMILES string of the molecule is CC(C)(C)c1cc(/C=C2\N=C(c3ccc(Br)cc3)OC2=O)cc(C(C)(C)C)c1O. The third-order valence-corrected chi connectivity index (χ3v) is 5.29. The number of hydrogen-bond acceptors (Lipinski definition) is 4. The standard InChI is InChI=1S/C24H26BrNO3/c1-23(2,3)17-11-14(12-18(20(17)27)24(4,5)6)13-19-22(28)29-21(26-19)15-7-9-16(25)10-8-15/h7-13,27H,1-6H3/b19-13-. The Labute approximate surface area is 180 Å². The maximum absolute atomic E-state index is 12.4. The number of carbonyl (C=O) groups excluding carboxylic acids is 1. The summed E-state index contributed by atoms with van der Waals surface area (Å²) < 4.78 is 6.31. The number of ether oxygens (including phenoxy) is 1. The molecular weight excluding hydrogens is 430 g/mol. The van der Waals surface area contributed by atoms with Crippen LogP contribution in [-0.4, -0.2) is 17.0 Å². The fraction of sp³-hybridized carbons (Fsp3) is 0.333. The first kappa shape index (κ1) is 21.3. The number of hydrogen-bond donors (Lipinski definition) is 1. The normalized spacial score (nSPS) is 16.2. The van der Waals surface area contributed by atoms with Crippen molar-refractivity contribution in [2.45, 2.75) is 52.4 Å². The Morgan fingerprint density at radius 1 is 0.966 bits per heavy atom. The molecule has 5 heteroatoms. The summed E-state index contributed by atoms with van der Waals surface area (Å²) in [5, 5.41) is 10.9. The molecule has 0 atom stereocenters. The first-order valence-corrected chi connectivity index (χ1v) is 10.3. The van der Waals surface area contributed by atoms with Crippen LogP contribution >= 0.6 is 15.9 Å². The summed E-state index contributed by atoms with van der Waals surface area (Å²) >= 11 is 3.39. The second-order valence-electron chi connectivity index (χ2n) is 9.31. The van der Waals surface area contributed by atoms with Crippen molar-refractivity contribution in [3.8, 4) is 5.75 Å². The molecule has 2 aromatic rings. The molecule has 0 saturated heterocycles. The molecule has 1 heterocycles. The summed E-state index contributed by atoms with van der Waals surface area (Å²) in [4.78, 5) is 16.8. The number of carbonyl (C=O) groups is 1. The van der Waals surface area contributed by atoms with E-state index in [0.717, 1.165) is 26.7 Å². The van der Waals surface area contributed by atoms with Crippen LogP contribution in [0.2, 0.25) is 0 Å². The lowest BCUT2D eigenvalue weighted by atomic mass is 9.78. The van der Waals surface area contributed by atoms with Crippen LogP contribution in [0.1, 0.15) is 63.8 Å². The number of aliphatic imine (C=N–C) groups is 1. The van der Waals surface area contributed by atoms with Gasteiger partial charge in [-0.1, -0.05) is 57.5 Å². The molecule has 0 fully saturated rings. The third-order valence-electron chi connectivity index (χ3n) is 4.76. The van der Waals surface area contributed by atoms with Gasteiger partial charge in [-0.15, -0.1) is 0 Å². The minimum Gasteiger partial charge on any atom is -0.507 e. The summed E-state index contributed by atoms with van der Waals surface area (Å²) in [7, 11) is 0. The molecule has 1 aliphatic rings. The van der Waals surface area contributed by atoms with E-state index in [1.165, 1.54) is 0 Å². The van der Waals surface area contributed by atoms with E-state index in [-0.39, 0.29) is 16.5 Å². The van der Waals surface area contributed by atoms with E-state index in [1.807, 2.05) is 36.4 Å². The highest BCUT2D eigenvalue weighted by Crippen LogP contribution is 2.40. The monoisotopic (exact) mass is 455 g/mol. The number of phenols is 1. The van der Waals surface area contributed by atoms with Crippen LogP contribution in [0, 0.1) is 0 Å². The van der Waals surface area contributed by atoms with E-state index in [2.05, 4.69) is 62.5 Å². The van der Waals surface area contributed by atoms with Gasteiger partial charge in [-0.3, -0.25) is 0 Å². The molecule has 29 heavy (non-hydrogen) atoms. The number of phenolic OH excluding ortho intramolecular Hbond substituents is 1. The number of nitrogens with zero attached hydrogens (tertiary/aromatic N) is 1. The summed E-state index contributed by atoms with van der Waals surface area (Å²) in [6.07, 6.45) is 1.72. The van der Waals surface area contributed by atoms with Crippen LogP contribution in [0.25, 0.3) is 6.08 Å². The first-order chi connectivity index (χ1) is 13.4. The lowest BCUT2D eigenvalue weighted by Gasteiger charge is -2.27. The quantitative estimate of drug-likeness (QED) is 0.439. The van der Waals surface area contributed by atoms with Gasteiger partial charge in [0.2, 0.25) is 5.90 Å². The zero-order valence-corrected chi connectivity index (χ0v) is 19.2. The number of benzene rings is 2. The van der Waals surface area contributed by atoms with Gasteiger partial charge in [-0.05, 0) is 58.9 Å². The van der Waals surface area contributed by atoms with Crippen molar-refractivity contribution in [3.63, 3.8) is 0 Å². The van der Waals surface area contributed by atoms with Gasteiger partial charge in [0.15, 0.2) is 5.70 Å². The highest BCUT2D eigenvalue weighted by Gasteiger charge is 2.28. The Bertz CT molecular complexity index is 985. The molecule has 0 spiro atoms. The van der Waals surface area contributed by atoms with Crippen LogP contribution in [0.3, 0.4) is 0 Å². The Balaban J connectivity index is 2.09. The van der Waals surface area contributed by atoms with Crippen LogP contribution in [0.5, 0.6) is 5.75 Å². The Morgan fingerprint density at radius 2 is 1.48 bits per heavy atom. The number of cyclic esters (lactones) is 1. The Morgan fingerprint density at radius 3 is 1.97 bits per heavy atom. The molecular formula is C24H26BrNO3. The maximum Gasteiger partial charge on any atom is 0.363 e. The highest BCUT2D eigenvalue weighted by molar-refractivity contribution is 9.10. The number of halogens is 1. The summed E-state index contributed by atoms with van der Waals surface area (Å²) in [6, 6.07) is 11.3. The lowest BCUT2D eigenvalue weighted by molar-refractivity contribution is -0.129. The predicted molar refractivity (Wildman–Crippen MR) is 120 cm³/mol. The van der Waals surface area contributed by atoms with E-state index in [0.29, 0.717) is 11.6 Å². The van der Waals surface area contributed by atoms with Gasteiger partial charge in [0.1, 0.15) is 5.75 Å². The third kappa shape index (κ3) is 4.61. The molecule has 0 unspecified atom stereocenters. The zero-order valence-electron chi connectivity index (χ0n) is 17.6. The second kappa shape index (κ2) is 7.45. The van der Waals surface area contributed by atoms with Gasteiger partial charge in [0.05, 0.1) is 0 Å². The van der Waals surface area contributed by atoms with Crippen molar-refractivity contribution in [3.05, 3.63) is 68.8 Å². The van der Waals surface area contributed by atoms with Crippen molar-refractivity contribution >= 4 is 33.9 Å². The zero-order chi connectivity index (χ0) is 21.6. The van der Waals surface area contributed by atoms with Crippen LogP contribution in [-0.2, 0) is 20.4 Å². The summed E-state index contributed by atoms with van der Waals surface area (Å²) in [5.74, 6) is 0.116. The molecule has 2 aromatic carbocycles. The van der Waals surface area contributed by atoms with Gasteiger partial charge in [-0.25, -0.2) is 9.79 Å². The van der Waals surface area contributed by atoms with E-state index in [4.69, 9.17) is 4.74 Å². The summed E-state index contributed by atoms with van der Waals surface area (Å²) in [6.45, 7) is 12.3. The minimum atomic E-state index is -0.481. The smallest absolute Gasteiger partial charge is 0.363 e. The molecule has 1 aliphatic heterocycles. The molecule has 3 rings (SSSR count). The molecule has 0 aliphatic carbocycles. The van der Waals surface area contributed by atoms with Gasteiger partial charge in [0, 0.05) is 21.2 Å². The molecule has 152 valence electrons. The van der Waals surface area contributed by atoms with E-state index in [9.17, 15) is 9.90 Å². The van der Waals surface area contributed by atoms with Gasteiger partial charge in [0.25, 0.3) is 0 Å². The van der Waals surface area contributed by atoms with Gasteiger partial charge >= 0.3 is 5.97 Å². The molecule has 0 bridgehead atoms. The molecule has 0 saturated carbocycles. The number of rotatable bonds is 2. The fourth-order valence-corrected chi connectivity index (χ4v) is 3.43. The first-order valence-electron chi connectivity index (χ1n) is 9.53. The van der Waals surface area contributed by atoms with Crippen LogP contribution in [0.4, 0.5) is 0 Å². The average Bonchev–Trinajstić information content (AvgIpc) is 2.95. The average molecular weight is 456 g/mol. The van der Waals surface area contributed by atoms with Gasteiger partial charge in [-0.2, -0.15) is 0 Å². The maximum atomic E-state index is 12.4. The minimum absolute atomic E-state index is 0.244. The molecule has 0 radical (unpaired) electrons. The number of esters is 1. The summed E-state index contributed by atoms with van der Waals surface area (Å²) in [5.41, 5.74) is 2.96. The lowest BCUT2D eigenvalue weighted by Crippen LogP contribution is -2.17. The molecule has 0 aromatic heterocycles. The molecule has 1 N–H and O–H groups in total. The molecule has 0 amide bonds. The Hall–Kier alpha value is -2.40. The van der Waals surface area contributed by atoms with Crippen LogP contribution < -0.4 is 0 Å². The second-order valence-corrected chi connectivity index (χ2v) is 10.2. The van der Waals surface area contributed by atoms with Crippen molar-refractivity contribution in [2.75, 3.05) is 0 Å². The largest absolute Gasteiger partial charge is 0.507 e. The van der Waals surface area contributed by atoms with E-state index < -0.39 is 5.97 Å². The van der Waals surface area contributed by atoms with Crippen molar-refractivity contribution in [1.29, 1.82) is 0 Å². The topological polar surface area (TPSA) is 58.9 Å². The van der Waals surface area contributed by atoms with Crippen molar-refractivity contribution < 1.29 is 14.6 Å². The highest BCUT2D eigenvalue weighted by atomic mass is 79.9. The fourth-order valence-electron chi connectivity index (χ4n) is 3.17. The number of aromatic hydroxyl groups is 1. The van der Waals surface area contributed by atoms with Gasteiger partial charge < -0.3 is 9.84 Å². The van der Waals surface area contributed by atoms with E-state index in [1.54, 1.807) is 6.08 Å².